The molecule has 0 saturated heterocycles. The fraction of sp³-hybridized carbons (Fsp3) is 0.167. The van der Waals surface area contributed by atoms with Gasteiger partial charge in [-0.15, -0.1) is 11.3 Å². The molecule has 17 heavy (non-hydrogen) atoms. The zero-order chi connectivity index (χ0) is 12.1. The van der Waals surface area contributed by atoms with Crippen LogP contribution in [0.4, 0.5) is 5.69 Å². The average molecular weight is 263 g/mol. The molecule has 0 radical (unpaired) electrons. The van der Waals surface area contributed by atoms with E-state index in [-0.39, 0.29) is 6.04 Å². The largest absolute Gasteiger partial charge is 0.353 e. The van der Waals surface area contributed by atoms with Gasteiger partial charge in [0.05, 0.1) is 6.04 Å². The van der Waals surface area contributed by atoms with E-state index in [1.165, 1.54) is 0 Å². The molecule has 88 valence electrons. The first-order valence-electron chi connectivity index (χ1n) is 5.27. The number of para-hydroxylation sites is 1. The van der Waals surface area contributed by atoms with Crippen LogP contribution in [0.15, 0.2) is 41.9 Å². The molecule has 5 heteroatoms. The van der Waals surface area contributed by atoms with Crippen molar-refractivity contribution in [3.05, 3.63) is 46.9 Å². The highest BCUT2D eigenvalue weighted by Crippen LogP contribution is 2.15. The Hall–Kier alpha value is -1.46. The first-order valence-corrected chi connectivity index (χ1v) is 6.56. The second-order valence-electron chi connectivity index (χ2n) is 3.56. The highest BCUT2D eigenvalue weighted by atomic mass is 32.1. The minimum atomic E-state index is 0.124. The second-order valence-corrected chi connectivity index (χ2v) is 4.89. The third kappa shape index (κ3) is 3.51. The molecule has 0 aliphatic rings. The lowest BCUT2D eigenvalue weighted by Crippen LogP contribution is -2.30. The Kier molecular flexibility index (Phi) is 4.06. The molecule has 0 saturated carbocycles. The molecule has 0 spiro atoms. The van der Waals surface area contributed by atoms with E-state index in [9.17, 15) is 0 Å². The number of anilines is 1. The van der Waals surface area contributed by atoms with Crippen molar-refractivity contribution in [2.24, 2.45) is 0 Å². The van der Waals surface area contributed by atoms with Crippen LogP contribution < -0.4 is 10.6 Å². The lowest BCUT2D eigenvalue weighted by molar-refractivity contribution is 0.715. The Morgan fingerprint density at radius 3 is 2.76 bits per heavy atom. The van der Waals surface area contributed by atoms with E-state index in [1.54, 1.807) is 17.5 Å². The van der Waals surface area contributed by atoms with Gasteiger partial charge in [-0.1, -0.05) is 18.2 Å². The van der Waals surface area contributed by atoms with Crippen LogP contribution in [0.25, 0.3) is 0 Å². The average Bonchev–Trinajstić information content (AvgIpc) is 2.83. The number of thiazole rings is 1. The van der Waals surface area contributed by atoms with E-state index in [0.717, 1.165) is 10.7 Å². The van der Waals surface area contributed by atoms with Crippen LogP contribution >= 0.6 is 23.6 Å². The number of rotatable bonds is 3. The summed E-state index contributed by atoms with van der Waals surface area (Å²) >= 11 is 6.86. The van der Waals surface area contributed by atoms with Gasteiger partial charge in [-0.05, 0) is 31.3 Å². The summed E-state index contributed by atoms with van der Waals surface area (Å²) in [4.78, 5) is 4.24. The number of hydrogen-bond acceptors (Lipinski definition) is 3. The lowest BCUT2D eigenvalue weighted by atomic mass is 10.3. The molecular formula is C12H13N3S2. The number of nitrogens with zero attached hydrogens (tertiary/aromatic N) is 1. The molecule has 0 aliphatic heterocycles. The van der Waals surface area contributed by atoms with Crippen LogP contribution in [-0.2, 0) is 0 Å². The summed E-state index contributed by atoms with van der Waals surface area (Å²) in [6.07, 6.45) is 1.80. The van der Waals surface area contributed by atoms with Crippen molar-refractivity contribution in [2.45, 2.75) is 13.0 Å². The summed E-state index contributed by atoms with van der Waals surface area (Å²) in [5, 5.41) is 9.93. The van der Waals surface area contributed by atoms with Crippen molar-refractivity contribution >= 4 is 34.4 Å². The van der Waals surface area contributed by atoms with Crippen molar-refractivity contribution in [1.29, 1.82) is 0 Å². The summed E-state index contributed by atoms with van der Waals surface area (Å²) < 4.78 is 0. The van der Waals surface area contributed by atoms with Gasteiger partial charge in [-0.25, -0.2) is 4.98 Å². The third-order valence-electron chi connectivity index (χ3n) is 2.20. The van der Waals surface area contributed by atoms with Gasteiger partial charge in [0.25, 0.3) is 0 Å². The Morgan fingerprint density at radius 1 is 1.35 bits per heavy atom. The molecule has 0 bridgehead atoms. The van der Waals surface area contributed by atoms with Crippen LogP contribution in [0.3, 0.4) is 0 Å². The first-order chi connectivity index (χ1) is 8.25. The van der Waals surface area contributed by atoms with Crippen LogP contribution in [-0.4, -0.2) is 10.1 Å². The summed E-state index contributed by atoms with van der Waals surface area (Å²) in [5.74, 6) is 0. The predicted molar refractivity (Wildman–Crippen MR) is 76.3 cm³/mol. The van der Waals surface area contributed by atoms with Crippen molar-refractivity contribution in [3.8, 4) is 0 Å². The first kappa shape index (κ1) is 12.0. The van der Waals surface area contributed by atoms with E-state index in [2.05, 4.69) is 15.6 Å². The summed E-state index contributed by atoms with van der Waals surface area (Å²) in [5.41, 5.74) is 0.983. The predicted octanol–water partition coefficient (Wildman–Crippen LogP) is 3.19. The fourth-order valence-electron chi connectivity index (χ4n) is 1.40. The maximum absolute atomic E-state index is 5.24. The molecule has 0 aliphatic carbocycles. The molecule has 2 aromatic rings. The van der Waals surface area contributed by atoms with E-state index < -0.39 is 0 Å². The number of aromatic nitrogens is 1. The van der Waals surface area contributed by atoms with Gasteiger partial charge < -0.3 is 10.6 Å². The van der Waals surface area contributed by atoms with E-state index in [0.29, 0.717) is 5.11 Å². The Bertz CT molecular complexity index is 468. The van der Waals surface area contributed by atoms with Crippen LogP contribution in [0.5, 0.6) is 0 Å². The molecule has 1 aromatic heterocycles. The molecule has 1 aromatic carbocycles. The van der Waals surface area contributed by atoms with Gasteiger partial charge in [0.15, 0.2) is 5.11 Å². The summed E-state index contributed by atoms with van der Waals surface area (Å²) in [7, 11) is 0. The van der Waals surface area contributed by atoms with Crippen molar-refractivity contribution in [2.75, 3.05) is 5.32 Å². The minimum Gasteiger partial charge on any atom is -0.353 e. The van der Waals surface area contributed by atoms with Crippen LogP contribution in [0, 0.1) is 0 Å². The van der Waals surface area contributed by atoms with E-state index >= 15 is 0 Å². The zero-order valence-electron chi connectivity index (χ0n) is 9.38. The van der Waals surface area contributed by atoms with Gasteiger partial charge >= 0.3 is 0 Å². The Balaban J connectivity index is 1.90. The van der Waals surface area contributed by atoms with Crippen LogP contribution in [0.1, 0.15) is 18.0 Å². The fourth-order valence-corrected chi connectivity index (χ4v) is 2.34. The highest BCUT2D eigenvalue weighted by Gasteiger charge is 2.08. The Morgan fingerprint density at radius 2 is 2.12 bits per heavy atom. The molecule has 1 unspecified atom stereocenters. The van der Waals surface area contributed by atoms with Gasteiger partial charge in [-0.3, -0.25) is 0 Å². The molecule has 1 heterocycles. The summed E-state index contributed by atoms with van der Waals surface area (Å²) in [6, 6.07) is 9.98. The zero-order valence-corrected chi connectivity index (χ0v) is 11.0. The van der Waals surface area contributed by atoms with Gasteiger partial charge in [0, 0.05) is 17.3 Å². The number of benzene rings is 1. The lowest BCUT2D eigenvalue weighted by Gasteiger charge is -2.14. The minimum absolute atomic E-state index is 0.124. The molecule has 3 nitrogen and oxygen atoms in total. The second kappa shape index (κ2) is 5.75. The SMILES string of the molecule is CC(NC(=S)Nc1ccccc1)c1nccs1. The maximum atomic E-state index is 5.24. The van der Waals surface area contributed by atoms with E-state index in [1.807, 2.05) is 42.6 Å². The quantitative estimate of drug-likeness (QED) is 0.834. The standard InChI is InChI=1S/C12H13N3S2/c1-9(11-13-7-8-17-11)14-12(16)15-10-5-3-2-4-6-10/h2-9H,1H3,(H2,14,15,16). The molecule has 1 atom stereocenters. The van der Waals surface area contributed by atoms with Gasteiger partial charge in [0.2, 0.25) is 0 Å². The molecule has 2 rings (SSSR count). The number of thiocarbonyl (C=S) groups is 1. The van der Waals surface area contributed by atoms with Crippen molar-refractivity contribution in [3.63, 3.8) is 0 Å². The van der Waals surface area contributed by atoms with Crippen molar-refractivity contribution < 1.29 is 0 Å². The van der Waals surface area contributed by atoms with E-state index in [4.69, 9.17) is 12.2 Å². The topological polar surface area (TPSA) is 37.0 Å². The maximum Gasteiger partial charge on any atom is 0.171 e. The number of hydrogen-bond donors (Lipinski definition) is 2. The van der Waals surface area contributed by atoms with Crippen LogP contribution in [0.2, 0.25) is 0 Å². The number of nitrogens with one attached hydrogen (secondary N) is 2. The summed E-state index contributed by atoms with van der Waals surface area (Å²) in [6.45, 7) is 2.04. The van der Waals surface area contributed by atoms with Gasteiger partial charge in [0.1, 0.15) is 5.01 Å². The van der Waals surface area contributed by atoms with Crippen molar-refractivity contribution in [1.82, 2.24) is 10.3 Å². The molecular weight excluding hydrogens is 250 g/mol. The molecule has 2 N–H and O–H groups in total. The highest BCUT2D eigenvalue weighted by molar-refractivity contribution is 7.80. The molecule has 0 fully saturated rings. The van der Waals surface area contributed by atoms with Gasteiger partial charge in [-0.2, -0.15) is 0 Å². The normalized spacial score (nSPS) is 11.8. The third-order valence-corrected chi connectivity index (χ3v) is 3.38. The monoisotopic (exact) mass is 263 g/mol. The Labute approximate surface area is 110 Å². The molecule has 0 amide bonds. The smallest absolute Gasteiger partial charge is 0.171 e.